The quantitative estimate of drug-likeness (QED) is 0.206. The highest BCUT2D eigenvalue weighted by atomic mass is 35.5. The third-order valence-electron chi connectivity index (χ3n) is 6.35. The van der Waals surface area contributed by atoms with Crippen LogP contribution in [0, 0.1) is 5.82 Å². The van der Waals surface area contributed by atoms with E-state index in [1.54, 1.807) is 36.4 Å². The number of nitrogens with zero attached hydrogens (tertiary/aromatic N) is 4. The Kier molecular flexibility index (Phi) is 10.3. The smallest absolute Gasteiger partial charge is 0.334 e. The van der Waals surface area contributed by atoms with E-state index in [1.807, 2.05) is 28.8 Å². The first-order valence-corrected chi connectivity index (χ1v) is 12.6. The second-order valence-electron chi connectivity index (χ2n) is 9.56. The Bertz CT molecular complexity index is 1550. The third kappa shape index (κ3) is 8.40. The maximum Gasteiger partial charge on any atom is 0.416 e. The van der Waals surface area contributed by atoms with Gasteiger partial charge in [-0.2, -0.15) is 26.3 Å². The van der Waals surface area contributed by atoms with E-state index in [4.69, 9.17) is 0 Å². The van der Waals surface area contributed by atoms with E-state index >= 15 is 0 Å². The second kappa shape index (κ2) is 13.4. The summed E-state index contributed by atoms with van der Waals surface area (Å²) in [5.41, 5.74) is -0.781. The Balaban J connectivity index is 0.00000506. The van der Waals surface area contributed by atoms with Gasteiger partial charge in [-0.15, -0.1) is 12.4 Å². The van der Waals surface area contributed by atoms with Gasteiger partial charge in [0, 0.05) is 33.4 Å². The lowest BCUT2D eigenvalue weighted by atomic mass is 10.0. The summed E-state index contributed by atoms with van der Waals surface area (Å²) in [6.07, 6.45) is -6.64. The monoisotopic (exact) mass is 629 g/mol. The van der Waals surface area contributed by atoms with Crippen molar-refractivity contribution in [3.8, 4) is 0 Å². The number of imidazole rings is 1. The number of carbonyl (C=O) groups is 1. The van der Waals surface area contributed by atoms with Gasteiger partial charge in [0.1, 0.15) is 5.82 Å². The number of hydrogen-bond donors (Lipinski definition) is 1. The molecule has 4 aromatic rings. The minimum absolute atomic E-state index is 0. The fraction of sp³-hybridized carbons (Fsp3) is 0.241. The average Bonchev–Trinajstić information content (AvgIpc) is 3.30. The molecule has 2 amide bonds. The van der Waals surface area contributed by atoms with Crippen molar-refractivity contribution >= 4 is 35.4 Å². The van der Waals surface area contributed by atoms with Crippen LogP contribution in [0.3, 0.4) is 0 Å². The van der Waals surface area contributed by atoms with Gasteiger partial charge in [0.2, 0.25) is 5.95 Å². The fourth-order valence-corrected chi connectivity index (χ4v) is 4.21. The summed E-state index contributed by atoms with van der Waals surface area (Å²) in [6, 6.07) is 14.1. The number of amides is 2. The lowest BCUT2D eigenvalue weighted by Gasteiger charge is -2.19. The van der Waals surface area contributed by atoms with E-state index in [1.165, 1.54) is 24.1 Å². The largest absolute Gasteiger partial charge is 0.416 e. The normalized spacial score (nSPS) is 11.9. The molecule has 0 saturated carbocycles. The average molecular weight is 630 g/mol. The molecule has 0 unspecified atom stereocenters. The number of halogens is 8. The van der Waals surface area contributed by atoms with Gasteiger partial charge in [-0.1, -0.05) is 24.3 Å². The van der Waals surface area contributed by atoms with Crippen LogP contribution in [0.4, 0.5) is 41.5 Å². The summed E-state index contributed by atoms with van der Waals surface area (Å²) >= 11 is 0. The molecule has 1 N–H and O–H groups in total. The Morgan fingerprint density at radius 3 is 2.12 bits per heavy atom. The van der Waals surface area contributed by atoms with E-state index in [9.17, 15) is 35.5 Å². The molecular weight excluding hydrogens is 603 g/mol. The summed E-state index contributed by atoms with van der Waals surface area (Å²) in [6.45, 7) is -0.0415. The highest BCUT2D eigenvalue weighted by Gasteiger charge is 2.36. The SMILES string of the molecule is CN(CC=CN(C)c1nc2ccccc2n1Cc1ccc(F)cc1)C(=O)NCc1cc(C(F)(F)F)cc(C(F)(F)F)c1.Cl. The molecule has 0 aliphatic rings. The number of para-hydroxylation sites is 2. The number of fused-ring (bicyclic) bond motifs is 1. The molecule has 3 aromatic carbocycles. The van der Waals surface area contributed by atoms with Gasteiger partial charge in [-0.25, -0.2) is 14.2 Å². The molecule has 43 heavy (non-hydrogen) atoms. The van der Waals surface area contributed by atoms with Gasteiger partial charge in [0.25, 0.3) is 0 Å². The number of aromatic nitrogens is 2. The number of urea groups is 1. The van der Waals surface area contributed by atoms with Crippen LogP contribution in [0.2, 0.25) is 0 Å². The molecule has 14 heteroatoms. The molecule has 0 spiro atoms. The number of benzene rings is 3. The summed E-state index contributed by atoms with van der Waals surface area (Å²) in [4.78, 5) is 20.1. The van der Waals surface area contributed by atoms with Crippen LogP contribution in [0.1, 0.15) is 22.3 Å². The minimum atomic E-state index is -4.98. The molecule has 4 rings (SSSR count). The molecule has 0 bridgehead atoms. The fourth-order valence-electron chi connectivity index (χ4n) is 4.21. The number of hydrogen-bond acceptors (Lipinski definition) is 3. The highest BCUT2D eigenvalue weighted by molar-refractivity contribution is 5.85. The van der Waals surface area contributed by atoms with Crippen LogP contribution < -0.4 is 10.2 Å². The number of rotatable bonds is 8. The van der Waals surface area contributed by atoms with Crippen molar-refractivity contribution in [2.45, 2.75) is 25.4 Å². The van der Waals surface area contributed by atoms with Crippen molar-refractivity contribution in [3.63, 3.8) is 0 Å². The van der Waals surface area contributed by atoms with Gasteiger partial charge >= 0.3 is 18.4 Å². The standard InChI is InChI=1S/C29H26F7N5O.ClH/c1-39(26-38-24-6-3-4-7-25(24)41(26)18-19-8-10-23(30)11-9-19)12-5-13-40(2)27(42)37-17-20-14-21(28(31,32)33)16-22(15-20)29(34,35)36;/h3-12,14-16H,13,17-18H2,1-2H3,(H,37,42);1H. The maximum absolute atomic E-state index is 13.4. The molecule has 1 heterocycles. The molecule has 0 saturated heterocycles. The first kappa shape index (κ1) is 33.2. The Hall–Kier alpha value is -4.26. The van der Waals surface area contributed by atoms with E-state index in [-0.39, 0.29) is 36.4 Å². The molecular formula is C29H27ClF7N5O. The number of anilines is 1. The van der Waals surface area contributed by atoms with Crippen LogP contribution in [-0.2, 0) is 25.4 Å². The highest BCUT2D eigenvalue weighted by Crippen LogP contribution is 2.36. The zero-order valence-electron chi connectivity index (χ0n) is 22.9. The van der Waals surface area contributed by atoms with Gasteiger partial charge in [-0.05, 0) is 59.7 Å². The summed E-state index contributed by atoms with van der Waals surface area (Å²) < 4.78 is 94.0. The van der Waals surface area contributed by atoms with Crippen LogP contribution in [0.5, 0.6) is 0 Å². The second-order valence-corrected chi connectivity index (χ2v) is 9.56. The topological polar surface area (TPSA) is 53.4 Å². The summed E-state index contributed by atoms with van der Waals surface area (Å²) in [5.74, 6) is 0.234. The van der Waals surface area contributed by atoms with Crippen LogP contribution in [-0.4, -0.2) is 41.1 Å². The molecule has 1 aromatic heterocycles. The van der Waals surface area contributed by atoms with Crippen molar-refractivity contribution in [2.75, 3.05) is 25.5 Å². The number of likely N-dealkylation sites (N-methyl/N-ethyl adjacent to an activating group) is 1. The van der Waals surface area contributed by atoms with E-state index in [0.29, 0.717) is 24.6 Å². The van der Waals surface area contributed by atoms with Crippen molar-refractivity contribution in [2.24, 2.45) is 0 Å². The summed E-state index contributed by atoms with van der Waals surface area (Å²) in [5, 5.41) is 2.35. The van der Waals surface area contributed by atoms with Crippen molar-refractivity contribution in [1.82, 2.24) is 19.8 Å². The van der Waals surface area contributed by atoms with Gasteiger partial charge < -0.3 is 19.7 Å². The predicted molar refractivity (Wildman–Crippen MR) is 151 cm³/mol. The van der Waals surface area contributed by atoms with Crippen molar-refractivity contribution in [1.29, 1.82) is 0 Å². The van der Waals surface area contributed by atoms with Crippen LogP contribution >= 0.6 is 12.4 Å². The molecule has 6 nitrogen and oxygen atoms in total. The van der Waals surface area contributed by atoms with Crippen molar-refractivity contribution < 1.29 is 35.5 Å². The predicted octanol–water partition coefficient (Wildman–Crippen LogP) is 7.47. The van der Waals surface area contributed by atoms with E-state index < -0.39 is 36.1 Å². The molecule has 0 aliphatic heterocycles. The number of carbonyl (C=O) groups excluding carboxylic acids is 1. The van der Waals surface area contributed by atoms with E-state index in [0.717, 1.165) is 16.6 Å². The lowest BCUT2D eigenvalue weighted by molar-refractivity contribution is -0.143. The van der Waals surface area contributed by atoms with E-state index in [2.05, 4.69) is 10.3 Å². The van der Waals surface area contributed by atoms with Crippen LogP contribution in [0.15, 0.2) is 79.0 Å². The maximum atomic E-state index is 13.4. The molecule has 0 fully saturated rings. The summed E-state index contributed by atoms with van der Waals surface area (Å²) in [7, 11) is 3.18. The number of alkyl halides is 6. The molecule has 0 atom stereocenters. The first-order valence-electron chi connectivity index (χ1n) is 12.6. The molecule has 0 aliphatic carbocycles. The Labute approximate surface area is 248 Å². The lowest BCUT2D eigenvalue weighted by Crippen LogP contribution is -2.37. The van der Waals surface area contributed by atoms with Gasteiger partial charge in [0.15, 0.2) is 0 Å². The van der Waals surface area contributed by atoms with Gasteiger partial charge in [-0.3, -0.25) is 0 Å². The Morgan fingerprint density at radius 2 is 1.51 bits per heavy atom. The molecule has 0 radical (unpaired) electrons. The zero-order valence-corrected chi connectivity index (χ0v) is 23.7. The minimum Gasteiger partial charge on any atom is -0.334 e. The van der Waals surface area contributed by atoms with Crippen LogP contribution in [0.25, 0.3) is 11.0 Å². The zero-order chi connectivity index (χ0) is 30.7. The molecule has 230 valence electrons. The Morgan fingerprint density at radius 1 is 0.907 bits per heavy atom. The number of nitrogens with one attached hydrogen (secondary N) is 1. The first-order chi connectivity index (χ1) is 19.7. The van der Waals surface area contributed by atoms with Crippen molar-refractivity contribution in [3.05, 3.63) is 107 Å². The van der Waals surface area contributed by atoms with Gasteiger partial charge in [0.05, 0.1) is 28.7 Å². The third-order valence-corrected chi connectivity index (χ3v) is 6.35.